The van der Waals surface area contributed by atoms with Crippen molar-refractivity contribution in [1.82, 2.24) is 9.88 Å². The lowest BCUT2D eigenvalue weighted by Crippen LogP contribution is -2.28. The Bertz CT molecular complexity index is 1210. The quantitative estimate of drug-likeness (QED) is 0.450. The number of para-hydroxylation sites is 1. The SMILES string of the molecule is CCc1oc2ccccc2c1CN(C)C(=O)Cc1csc(NC(=O)c2ccccc2)n1. The molecule has 0 bridgehead atoms. The Balaban J connectivity index is 1.40. The topological polar surface area (TPSA) is 75.4 Å². The summed E-state index contributed by atoms with van der Waals surface area (Å²) in [5.74, 6) is 0.642. The first-order valence-corrected chi connectivity index (χ1v) is 11.0. The molecule has 2 aromatic heterocycles. The maximum atomic E-state index is 12.8. The van der Waals surface area contributed by atoms with Gasteiger partial charge in [-0.2, -0.15) is 0 Å². The van der Waals surface area contributed by atoms with Crippen molar-refractivity contribution in [1.29, 1.82) is 0 Å². The summed E-state index contributed by atoms with van der Waals surface area (Å²) in [6, 6.07) is 16.8. The summed E-state index contributed by atoms with van der Waals surface area (Å²) in [6.45, 7) is 2.52. The zero-order valence-electron chi connectivity index (χ0n) is 17.4. The highest BCUT2D eigenvalue weighted by atomic mass is 32.1. The number of anilines is 1. The standard InChI is InChI=1S/C24H23N3O3S/c1-3-20-19(18-11-7-8-12-21(18)30-20)14-27(2)22(28)13-17-15-31-24(25-17)26-23(29)16-9-5-4-6-10-16/h4-12,15H,3,13-14H2,1-2H3,(H,25,26,29). The van der Waals surface area contributed by atoms with Crippen molar-refractivity contribution < 1.29 is 14.0 Å². The van der Waals surface area contributed by atoms with Crippen LogP contribution in [0.4, 0.5) is 5.13 Å². The smallest absolute Gasteiger partial charge is 0.257 e. The highest BCUT2D eigenvalue weighted by Crippen LogP contribution is 2.27. The molecule has 4 aromatic rings. The van der Waals surface area contributed by atoms with Crippen LogP contribution in [0.5, 0.6) is 0 Å². The van der Waals surface area contributed by atoms with Crippen molar-refractivity contribution in [2.75, 3.05) is 12.4 Å². The van der Waals surface area contributed by atoms with Crippen LogP contribution in [0.3, 0.4) is 0 Å². The molecule has 0 spiro atoms. The second-order valence-corrected chi connectivity index (χ2v) is 8.10. The van der Waals surface area contributed by atoms with E-state index in [2.05, 4.69) is 10.3 Å². The van der Waals surface area contributed by atoms with Crippen LogP contribution in [-0.4, -0.2) is 28.7 Å². The summed E-state index contributed by atoms with van der Waals surface area (Å²) in [6.07, 6.45) is 0.939. The van der Waals surface area contributed by atoms with Gasteiger partial charge in [-0.3, -0.25) is 14.9 Å². The molecular weight excluding hydrogens is 410 g/mol. The monoisotopic (exact) mass is 433 g/mol. The van der Waals surface area contributed by atoms with Gasteiger partial charge in [0, 0.05) is 41.9 Å². The van der Waals surface area contributed by atoms with Crippen molar-refractivity contribution in [3.8, 4) is 0 Å². The van der Waals surface area contributed by atoms with Gasteiger partial charge < -0.3 is 9.32 Å². The fourth-order valence-corrected chi connectivity index (χ4v) is 4.13. The molecule has 2 amide bonds. The summed E-state index contributed by atoms with van der Waals surface area (Å²) >= 11 is 1.31. The largest absolute Gasteiger partial charge is 0.461 e. The molecule has 0 radical (unpaired) electrons. The van der Waals surface area contributed by atoms with Crippen LogP contribution in [0, 0.1) is 0 Å². The van der Waals surface area contributed by atoms with Crippen molar-refractivity contribution in [3.05, 3.63) is 82.6 Å². The van der Waals surface area contributed by atoms with Crippen LogP contribution < -0.4 is 5.32 Å². The number of hydrogen-bond donors (Lipinski definition) is 1. The molecule has 0 aliphatic carbocycles. The van der Waals surface area contributed by atoms with Crippen LogP contribution in [0.15, 0.2) is 64.4 Å². The molecule has 6 nitrogen and oxygen atoms in total. The van der Waals surface area contributed by atoms with Crippen LogP contribution in [-0.2, 0) is 24.2 Å². The predicted molar refractivity (Wildman–Crippen MR) is 122 cm³/mol. The van der Waals surface area contributed by atoms with Gasteiger partial charge in [0.05, 0.1) is 12.1 Å². The minimum Gasteiger partial charge on any atom is -0.461 e. The minimum absolute atomic E-state index is 0.0430. The summed E-state index contributed by atoms with van der Waals surface area (Å²) < 4.78 is 5.94. The van der Waals surface area contributed by atoms with Crippen LogP contribution in [0.25, 0.3) is 11.0 Å². The highest BCUT2D eigenvalue weighted by Gasteiger charge is 2.18. The summed E-state index contributed by atoms with van der Waals surface area (Å²) in [5.41, 5.74) is 3.09. The molecule has 2 aromatic carbocycles. The van der Waals surface area contributed by atoms with Gasteiger partial charge in [0.15, 0.2) is 5.13 Å². The lowest BCUT2D eigenvalue weighted by molar-refractivity contribution is -0.129. The summed E-state index contributed by atoms with van der Waals surface area (Å²) in [4.78, 5) is 31.2. The van der Waals surface area contributed by atoms with Crippen molar-refractivity contribution in [2.45, 2.75) is 26.3 Å². The molecule has 0 unspecified atom stereocenters. The van der Waals surface area contributed by atoms with Crippen LogP contribution in [0.2, 0.25) is 0 Å². The zero-order valence-corrected chi connectivity index (χ0v) is 18.2. The van der Waals surface area contributed by atoms with E-state index in [0.29, 0.717) is 22.9 Å². The van der Waals surface area contributed by atoms with Gasteiger partial charge >= 0.3 is 0 Å². The fraction of sp³-hybridized carbons (Fsp3) is 0.208. The fourth-order valence-electron chi connectivity index (χ4n) is 3.43. The maximum Gasteiger partial charge on any atom is 0.257 e. The number of aromatic nitrogens is 1. The molecule has 2 heterocycles. The van der Waals surface area contributed by atoms with E-state index in [1.807, 2.05) is 49.4 Å². The molecule has 1 N–H and O–H groups in total. The molecular formula is C24H23N3O3S. The lowest BCUT2D eigenvalue weighted by atomic mass is 10.1. The number of furan rings is 1. The van der Waals surface area contributed by atoms with Crippen LogP contribution >= 0.6 is 11.3 Å². The number of fused-ring (bicyclic) bond motifs is 1. The van der Waals surface area contributed by atoms with Crippen molar-refractivity contribution >= 4 is 39.3 Å². The molecule has 0 saturated heterocycles. The number of likely N-dealkylation sites (N-methyl/N-ethyl adjacent to an activating group) is 1. The average Bonchev–Trinajstić information content (AvgIpc) is 3.38. The van der Waals surface area contributed by atoms with Gasteiger partial charge in [-0.05, 0) is 18.2 Å². The minimum atomic E-state index is -0.219. The Hall–Kier alpha value is -3.45. The van der Waals surface area contributed by atoms with E-state index in [1.54, 1.807) is 29.5 Å². The number of rotatable bonds is 7. The average molecular weight is 434 g/mol. The van der Waals surface area contributed by atoms with E-state index < -0.39 is 0 Å². The second kappa shape index (κ2) is 9.14. The summed E-state index contributed by atoms with van der Waals surface area (Å²) in [5, 5.41) is 6.11. The lowest BCUT2D eigenvalue weighted by Gasteiger charge is -2.17. The van der Waals surface area contributed by atoms with E-state index in [0.717, 1.165) is 28.7 Å². The Morgan fingerprint density at radius 2 is 1.84 bits per heavy atom. The number of aryl methyl sites for hydroxylation is 1. The van der Waals surface area contributed by atoms with Crippen molar-refractivity contribution in [2.24, 2.45) is 0 Å². The molecule has 4 rings (SSSR count). The van der Waals surface area contributed by atoms with Gasteiger partial charge in [0.25, 0.3) is 5.91 Å². The Labute approximate surface area is 184 Å². The van der Waals surface area contributed by atoms with E-state index >= 15 is 0 Å². The van der Waals surface area contributed by atoms with Gasteiger partial charge in [0.2, 0.25) is 5.91 Å². The van der Waals surface area contributed by atoms with Crippen LogP contribution in [0.1, 0.15) is 34.3 Å². The number of benzene rings is 2. The molecule has 0 atom stereocenters. The first-order chi connectivity index (χ1) is 15.0. The predicted octanol–water partition coefficient (Wildman–Crippen LogP) is 4.91. The molecule has 158 valence electrons. The maximum absolute atomic E-state index is 12.8. The number of carbonyl (C=O) groups excluding carboxylic acids is 2. The zero-order chi connectivity index (χ0) is 21.8. The number of nitrogens with one attached hydrogen (secondary N) is 1. The van der Waals surface area contributed by atoms with E-state index in [9.17, 15) is 9.59 Å². The molecule has 0 fully saturated rings. The first-order valence-electron chi connectivity index (χ1n) is 10.1. The van der Waals surface area contributed by atoms with E-state index in [1.165, 1.54) is 11.3 Å². The van der Waals surface area contributed by atoms with Gasteiger partial charge in [-0.15, -0.1) is 11.3 Å². The number of hydrogen-bond acceptors (Lipinski definition) is 5. The van der Waals surface area contributed by atoms with Gasteiger partial charge in [-0.25, -0.2) is 4.98 Å². The van der Waals surface area contributed by atoms with E-state index in [-0.39, 0.29) is 18.2 Å². The Kier molecular flexibility index (Phi) is 6.13. The Morgan fingerprint density at radius 3 is 2.61 bits per heavy atom. The Morgan fingerprint density at radius 1 is 1.10 bits per heavy atom. The normalized spacial score (nSPS) is 10.9. The third-order valence-electron chi connectivity index (χ3n) is 5.06. The first kappa shape index (κ1) is 20.8. The summed E-state index contributed by atoms with van der Waals surface area (Å²) in [7, 11) is 1.79. The molecule has 31 heavy (non-hydrogen) atoms. The molecule has 0 saturated carbocycles. The van der Waals surface area contributed by atoms with Gasteiger partial charge in [-0.1, -0.05) is 43.3 Å². The highest BCUT2D eigenvalue weighted by molar-refractivity contribution is 7.14. The number of amides is 2. The number of carbonyl (C=O) groups is 2. The number of thiazole rings is 1. The third kappa shape index (κ3) is 4.67. The van der Waals surface area contributed by atoms with Gasteiger partial charge in [0.1, 0.15) is 11.3 Å². The van der Waals surface area contributed by atoms with E-state index in [4.69, 9.17) is 4.42 Å². The molecule has 0 aliphatic heterocycles. The van der Waals surface area contributed by atoms with Crippen molar-refractivity contribution in [3.63, 3.8) is 0 Å². The molecule has 7 heteroatoms. The third-order valence-corrected chi connectivity index (χ3v) is 5.87. The molecule has 0 aliphatic rings. The second-order valence-electron chi connectivity index (χ2n) is 7.24. The number of nitrogens with zero attached hydrogens (tertiary/aromatic N) is 2.